The summed E-state index contributed by atoms with van der Waals surface area (Å²) in [6.07, 6.45) is 14.1. The Labute approximate surface area is 555 Å². The lowest BCUT2D eigenvalue weighted by Gasteiger charge is -2.28. The van der Waals surface area contributed by atoms with Crippen molar-refractivity contribution in [2.24, 2.45) is 21.1 Å². The highest BCUT2D eigenvalue weighted by atomic mass is 16.5. The number of aryl methyl sites for hydroxylation is 3. The van der Waals surface area contributed by atoms with Crippen LogP contribution in [0.4, 0.5) is 0 Å². The first-order valence-electron chi connectivity index (χ1n) is 33.0. The highest BCUT2D eigenvalue weighted by Gasteiger charge is 2.32. The van der Waals surface area contributed by atoms with Crippen molar-refractivity contribution < 1.29 is 28.4 Å². The number of fused-ring (bicyclic) bond motifs is 12. The van der Waals surface area contributed by atoms with Gasteiger partial charge < -0.3 is 42.1 Å². The minimum atomic E-state index is -0.254. The summed E-state index contributed by atoms with van der Waals surface area (Å²) in [5.74, 6) is 4.67. The average Bonchev–Trinajstić information content (AvgIpc) is 1.49. The maximum Gasteiger partial charge on any atom is 0.301 e. The second-order valence-electron chi connectivity index (χ2n) is 32.2. The Hall–Kier alpha value is -8.25. The van der Waals surface area contributed by atoms with Crippen LogP contribution >= 0.6 is 0 Å². The highest BCUT2D eigenvalue weighted by Crippen LogP contribution is 2.47. The van der Waals surface area contributed by atoms with Crippen LogP contribution in [0, 0.1) is 0 Å². The number of hydrogen-bond acceptors (Lipinski definition) is 9. The van der Waals surface area contributed by atoms with E-state index in [0.717, 1.165) is 101 Å². The molecule has 12 nitrogen and oxygen atoms in total. The van der Waals surface area contributed by atoms with E-state index in [-0.39, 0.29) is 32.5 Å². The lowest BCUT2D eigenvalue weighted by atomic mass is 9.79. The van der Waals surface area contributed by atoms with Gasteiger partial charge in [-0.15, -0.1) is 0 Å². The Morgan fingerprint density at radius 2 is 0.409 bits per heavy atom. The van der Waals surface area contributed by atoms with Crippen LogP contribution in [-0.2, 0) is 92.2 Å². The van der Waals surface area contributed by atoms with E-state index in [1.807, 2.05) is 74.8 Å². The van der Waals surface area contributed by atoms with Gasteiger partial charge in [-0.1, -0.05) is 197 Å². The van der Waals surface area contributed by atoms with Gasteiger partial charge in [0.1, 0.15) is 34.5 Å². The predicted octanol–water partition coefficient (Wildman–Crippen LogP) is 18.9. The van der Waals surface area contributed by atoms with Gasteiger partial charge in [0.05, 0.1) is 21.3 Å². The molecule has 0 atom stereocenters. The van der Waals surface area contributed by atoms with E-state index in [1.54, 1.807) is 18.6 Å². The largest absolute Gasteiger partial charge is 0.496 e. The van der Waals surface area contributed by atoms with Crippen molar-refractivity contribution in [3.63, 3.8) is 0 Å². The molecule has 0 N–H and O–H groups in total. The summed E-state index contributed by atoms with van der Waals surface area (Å²) in [6.45, 7) is 41.2. The molecule has 0 saturated heterocycles. The van der Waals surface area contributed by atoms with Crippen molar-refractivity contribution in [3.05, 3.63) is 210 Å². The van der Waals surface area contributed by atoms with E-state index in [9.17, 15) is 0 Å². The number of imidazole rings is 3. The topological polar surface area (TPSA) is 109 Å². The third kappa shape index (κ3) is 14.6. The van der Waals surface area contributed by atoms with Gasteiger partial charge in [-0.2, -0.15) is 0 Å². The molecular formula is C81H102N6O6. The number of rotatable bonds is 9. The van der Waals surface area contributed by atoms with Gasteiger partial charge in [0.2, 0.25) is 0 Å². The molecule has 3 aromatic heterocycles. The number of ether oxygens (including phenoxy) is 6. The maximum atomic E-state index is 7.30. The summed E-state index contributed by atoms with van der Waals surface area (Å²) in [5.41, 5.74) is 18.0. The Bertz CT molecular complexity index is 3670. The van der Waals surface area contributed by atoms with Crippen molar-refractivity contribution in [2.45, 2.75) is 196 Å². The van der Waals surface area contributed by atoms with E-state index < -0.39 is 0 Å². The average molecular weight is 1260 g/mol. The molecular weight excluding hydrogens is 1150 g/mol. The molecule has 3 heterocycles. The molecule has 0 unspecified atom stereocenters. The first-order chi connectivity index (χ1) is 43.4. The molecule has 1 aliphatic rings. The molecule has 0 spiro atoms. The molecule has 93 heavy (non-hydrogen) atoms. The summed E-state index contributed by atoms with van der Waals surface area (Å²) in [4.78, 5) is 14.4. The molecule has 12 bridgehead atoms. The fourth-order valence-electron chi connectivity index (χ4n) is 12.7. The number of nitrogens with zero attached hydrogens (tertiary/aromatic N) is 6. The first kappa shape index (κ1) is 67.6. The van der Waals surface area contributed by atoms with Gasteiger partial charge in [-0.05, 0) is 99.3 Å². The summed E-state index contributed by atoms with van der Waals surface area (Å²) in [6, 6.07) is 29.6. The standard InChI is InChI=1S/C81H102N6O6/c1-76(2,3)61-37-49-31-55-43-64(79(10,11)12)45-57(70(55)91-73-82-25-28-85(73)19)33-51-39-62(77(4,5)6)41-53(68(51)89-23)35-59-47-66(81(16,17)18)48-60(72(59)93-75-84-27-30-87(75)21)36-54-42-63(78(7,8)9)40-52(69(54)90-24)34-58-46-65(80(13,14)15)44-56(32-50(38-61)67(49)88-22)71(58)92-74-83-26-29-86(74)20/h25-30,37-48H,31-36H2,1-24H3. The third-order valence-corrected chi connectivity index (χ3v) is 18.5. The number of benzene rings is 6. The number of methoxy groups -OCH3 is 3. The maximum absolute atomic E-state index is 7.30. The second kappa shape index (κ2) is 25.2. The van der Waals surface area contributed by atoms with E-state index in [1.165, 1.54) is 33.4 Å². The fourth-order valence-corrected chi connectivity index (χ4v) is 12.7. The van der Waals surface area contributed by atoms with Crippen molar-refractivity contribution in [1.82, 2.24) is 28.7 Å². The summed E-state index contributed by atoms with van der Waals surface area (Å²) in [5, 5.41) is 0. The molecule has 6 aromatic carbocycles. The second-order valence-corrected chi connectivity index (χ2v) is 32.2. The summed E-state index contributed by atoms with van der Waals surface area (Å²) < 4.78 is 48.1. The van der Waals surface area contributed by atoms with Crippen LogP contribution in [0.15, 0.2) is 110 Å². The minimum Gasteiger partial charge on any atom is -0.496 e. The smallest absolute Gasteiger partial charge is 0.301 e. The van der Waals surface area contributed by atoms with Gasteiger partial charge in [0.25, 0.3) is 0 Å². The van der Waals surface area contributed by atoms with Gasteiger partial charge in [-0.25, -0.2) is 15.0 Å². The lowest BCUT2D eigenvalue weighted by molar-refractivity contribution is 0.399. The number of hydrogen-bond donors (Lipinski definition) is 0. The van der Waals surface area contributed by atoms with E-state index in [0.29, 0.717) is 56.6 Å². The zero-order valence-corrected chi connectivity index (χ0v) is 60.3. The molecule has 0 amide bonds. The van der Waals surface area contributed by atoms with Crippen molar-refractivity contribution in [1.29, 1.82) is 0 Å². The van der Waals surface area contributed by atoms with Crippen LogP contribution in [0.3, 0.4) is 0 Å². The van der Waals surface area contributed by atoms with Gasteiger partial charge in [0.15, 0.2) is 0 Å². The Morgan fingerprint density at radius 1 is 0.258 bits per heavy atom. The molecule has 1 aliphatic carbocycles. The third-order valence-electron chi connectivity index (χ3n) is 18.5. The number of aromatic nitrogens is 6. The van der Waals surface area contributed by atoms with E-state index in [2.05, 4.69) is 197 Å². The highest BCUT2D eigenvalue weighted by molar-refractivity contribution is 5.62. The lowest BCUT2D eigenvalue weighted by Crippen LogP contribution is -2.17. The Kier molecular flexibility index (Phi) is 18.4. The molecule has 0 fully saturated rings. The van der Waals surface area contributed by atoms with Crippen molar-refractivity contribution >= 4 is 0 Å². The van der Waals surface area contributed by atoms with Crippen LogP contribution in [0.2, 0.25) is 0 Å². The quantitative estimate of drug-likeness (QED) is 0.140. The molecule has 10 rings (SSSR count). The van der Waals surface area contributed by atoms with Crippen LogP contribution in [-0.4, -0.2) is 50.0 Å². The minimum absolute atomic E-state index is 0.244. The summed E-state index contributed by atoms with van der Waals surface area (Å²) in [7, 11) is 11.4. The molecule has 9 aromatic rings. The van der Waals surface area contributed by atoms with Crippen molar-refractivity contribution in [2.75, 3.05) is 21.3 Å². The van der Waals surface area contributed by atoms with Crippen LogP contribution < -0.4 is 28.4 Å². The molecule has 0 aliphatic heterocycles. The predicted molar refractivity (Wildman–Crippen MR) is 377 cm³/mol. The van der Waals surface area contributed by atoms with Gasteiger partial charge in [0, 0.05) is 130 Å². The zero-order chi connectivity index (χ0) is 67.7. The molecule has 492 valence electrons. The van der Waals surface area contributed by atoms with Crippen LogP contribution in [0.25, 0.3) is 0 Å². The van der Waals surface area contributed by atoms with Gasteiger partial charge >= 0.3 is 18.0 Å². The molecule has 0 radical (unpaired) electrons. The Morgan fingerprint density at radius 3 is 0.527 bits per heavy atom. The van der Waals surface area contributed by atoms with Crippen LogP contribution in [0.5, 0.6) is 52.5 Å². The summed E-state index contributed by atoms with van der Waals surface area (Å²) >= 11 is 0. The molecule has 12 heteroatoms. The Balaban J connectivity index is 1.37. The zero-order valence-electron chi connectivity index (χ0n) is 60.3. The monoisotopic (exact) mass is 1250 g/mol. The van der Waals surface area contributed by atoms with E-state index >= 15 is 0 Å². The molecule has 0 saturated carbocycles. The van der Waals surface area contributed by atoms with Crippen molar-refractivity contribution in [3.8, 4) is 52.5 Å². The first-order valence-corrected chi connectivity index (χ1v) is 33.0. The van der Waals surface area contributed by atoms with Crippen LogP contribution in [0.1, 0.15) is 225 Å². The SMILES string of the molecule is COc1c2cc(C(C)(C)C)cc1Cc1cc(C(C)(C)C)cc(c1Oc1nccn1C)Cc1cc(C(C)(C)C)cc(c1OC)Cc1cc(C(C)(C)C)cc(c1Oc1nccn1C)Cc1cc(C(C)(C)C)cc(c1OC)Cc1cc(C(C)(C)C)cc(c1Oc1nccn1C)C2. The van der Waals surface area contributed by atoms with Gasteiger partial charge in [-0.3, -0.25) is 0 Å². The normalized spacial score (nSPS) is 13.5. The van der Waals surface area contributed by atoms with E-state index in [4.69, 9.17) is 43.4 Å². The fraction of sp³-hybridized carbons (Fsp3) is 0.444.